The quantitative estimate of drug-likeness (QED) is 0.921. The molecule has 3 unspecified atom stereocenters. The van der Waals surface area contributed by atoms with E-state index in [2.05, 4.69) is 49.4 Å². The Balaban J connectivity index is 2.30. The van der Waals surface area contributed by atoms with Crippen LogP contribution in [-0.4, -0.2) is 28.4 Å². The normalized spacial score (nSPS) is 25.0. The monoisotopic (exact) mass is 278 g/mol. The number of hydrogen-bond acceptors (Lipinski definition) is 3. The Labute approximate surface area is 123 Å². The molecule has 0 aromatic carbocycles. The highest BCUT2D eigenvalue weighted by molar-refractivity contribution is 5.51. The Morgan fingerprint density at radius 1 is 1.40 bits per heavy atom. The Morgan fingerprint density at radius 3 is 2.70 bits per heavy atom. The molecule has 1 aromatic rings. The van der Waals surface area contributed by atoms with E-state index in [0.29, 0.717) is 6.04 Å². The van der Waals surface area contributed by atoms with Crippen molar-refractivity contribution in [3.05, 3.63) is 11.3 Å². The van der Waals surface area contributed by atoms with Gasteiger partial charge in [0, 0.05) is 31.2 Å². The topological polar surface area (TPSA) is 47.1 Å². The zero-order chi connectivity index (χ0) is 14.9. The van der Waals surface area contributed by atoms with Crippen molar-refractivity contribution in [3.63, 3.8) is 0 Å². The van der Waals surface area contributed by atoms with Crippen molar-refractivity contribution in [1.82, 2.24) is 9.78 Å². The van der Waals surface area contributed by atoms with Crippen molar-refractivity contribution in [3.8, 4) is 0 Å². The second kappa shape index (κ2) is 6.17. The number of aryl methyl sites for hydroxylation is 2. The van der Waals surface area contributed by atoms with E-state index in [1.54, 1.807) is 0 Å². The molecular formula is C16H30N4. The number of hydrogen-bond donors (Lipinski definition) is 1. The average Bonchev–Trinajstić information content (AvgIpc) is 2.65. The Kier molecular flexibility index (Phi) is 4.74. The van der Waals surface area contributed by atoms with Gasteiger partial charge < -0.3 is 10.6 Å². The van der Waals surface area contributed by atoms with Gasteiger partial charge in [0.05, 0.1) is 5.69 Å². The molecule has 2 heterocycles. The maximum atomic E-state index is 6.18. The molecule has 0 bridgehead atoms. The van der Waals surface area contributed by atoms with Crippen molar-refractivity contribution in [2.24, 2.45) is 18.7 Å². The smallest absolute Gasteiger partial charge is 0.130 e. The molecule has 1 fully saturated rings. The first-order valence-corrected chi connectivity index (χ1v) is 7.98. The van der Waals surface area contributed by atoms with Crippen molar-refractivity contribution in [2.75, 3.05) is 11.4 Å². The van der Waals surface area contributed by atoms with Crippen molar-refractivity contribution < 1.29 is 0 Å². The van der Waals surface area contributed by atoms with Crippen molar-refractivity contribution in [2.45, 2.75) is 65.5 Å². The summed E-state index contributed by atoms with van der Waals surface area (Å²) in [7, 11) is 2.06. The molecule has 1 saturated heterocycles. The molecule has 1 aromatic heterocycles. The highest BCUT2D eigenvalue weighted by Gasteiger charge is 2.28. The van der Waals surface area contributed by atoms with Gasteiger partial charge in [-0.05, 0) is 45.4 Å². The Bertz CT molecular complexity index is 452. The van der Waals surface area contributed by atoms with Crippen LogP contribution >= 0.6 is 0 Å². The second-order valence-electron chi connectivity index (χ2n) is 6.56. The minimum Gasteiger partial charge on any atom is -0.354 e. The lowest BCUT2D eigenvalue weighted by atomic mass is 9.92. The van der Waals surface area contributed by atoms with Crippen LogP contribution in [0.1, 0.15) is 51.3 Å². The van der Waals surface area contributed by atoms with Crippen molar-refractivity contribution in [1.29, 1.82) is 0 Å². The first kappa shape index (κ1) is 15.4. The third-order valence-electron chi connectivity index (χ3n) is 4.71. The molecule has 2 rings (SSSR count). The average molecular weight is 278 g/mol. The molecule has 20 heavy (non-hydrogen) atoms. The van der Waals surface area contributed by atoms with Gasteiger partial charge >= 0.3 is 0 Å². The number of nitrogens with zero attached hydrogens (tertiary/aromatic N) is 3. The van der Waals surface area contributed by atoms with E-state index in [1.807, 2.05) is 0 Å². The third kappa shape index (κ3) is 3.00. The summed E-state index contributed by atoms with van der Waals surface area (Å²) in [5.41, 5.74) is 8.67. The fraction of sp³-hybridized carbons (Fsp3) is 0.812. The van der Waals surface area contributed by atoms with E-state index < -0.39 is 0 Å². The number of anilines is 1. The van der Waals surface area contributed by atoms with E-state index in [4.69, 9.17) is 5.73 Å². The maximum absolute atomic E-state index is 6.18. The van der Waals surface area contributed by atoms with Gasteiger partial charge in [-0.1, -0.05) is 13.8 Å². The minimum atomic E-state index is 0.232. The van der Waals surface area contributed by atoms with Crippen LogP contribution in [0.25, 0.3) is 0 Å². The molecule has 4 heteroatoms. The molecule has 4 nitrogen and oxygen atoms in total. The van der Waals surface area contributed by atoms with Gasteiger partial charge in [0.15, 0.2) is 0 Å². The van der Waals surface area contributed by atoms with Gasteiger partial charge in [-0.15, -0.1) is 0 Å². The second-order valence-corrected chi connectivity index (χ2v) is 6.56. The van der Waals surface area contributed by atoms with Crippen LogP contribution in [0.15, 0.2) is 0 Å². The van der Waals surface area contributed by atoms with Crippen molar-refractivity contribution >= 4 is 5.82 Å². The predicted octanol–water partition coefficient (Wildman–Crippen LogP) is 2.63. The maximum Gasteiger partial charge on any atom is 0.130 e. The van der Waals surface area contributed by atoms with E-state index in [9.17, 15) is 0 Å². The summed E-state index contributed by atoms with van der Waals surface area (Å²) in [5, 5.41) is 4.65. The highest BCUT2D eigenvalue weighted by Crippen LogP contribution is 2.32. The molecule has 114 valence electrons. The van der Waals surface area contributed by atoms with Gasteiger partial charge in [0.1, 0.15) is 5.82 Å². The molecule has 1 aliphatic heterocycles. The third-order valence-corrected chi connectivity index (χ3v) is 4.71. The summed E-state index contributed by atoms with van der Waals surface area (Å²) in [5.74, 6) is 2.13. The van der Waals surface area contributed by atoms with Gasteiger partial charge in [-0.3, -0.25) is 4.68 Å². The largest absolute Gasteiger partial charge is 0.354 e. The van der Waals surface area contributed by atoms with E-state index in [1.165, 1.54) is 24.2 Å². The Morgan fingerprint density at radius 2 is 2.10 bits per heavy atom. The summed E-state index contributed by atoms with van der Waals surface area (Å²) >= 11 is 0. The predicted molar refractivity (Wildman–Crippen MR) is 85.1 cm³/mol. The summed E-state index contributed by atoms with van der Waals surface area (Å²) in [4.78, 5) is 2.54. The highest BCUT2D eigenvalue weighted by atomic mass is 15.4. The van der Waals surface area contributed by atoms with Gasteiger partial charge in [0.25, 0.3) is 0 Å². The molecule has 0 radical (unpaired) electrons. The molecule has 0 spiro atoms. The van der Waals surface area contributed by atoms with Crippen LogP contribution in [0.2, 0.25) is 0 Å². The number of piperidine rings is 1. The number of rotatable bonds is 4. The SMILES string of the molecule is CCC(N)Cc1c(C)nn(C)c1N1CCC(C)CC1C. The molecule has 0 amide bonds. The summed E-state index contributed by atoms with van der Waals surface area (Å²) < 4.78 is 2.06. The molecule has 2 N–H and O–H groups in total. The van der Waals surface area contributed by atoms with Crippen LogP contribution < -0.4 is 10.6 Å². The van der Waals surface area contributed by atoms with Crippen LogP contribution in [0.5, 0.6) is 0 Å². The summed E-state index contributed by atoms with van der Waals surface area (Å²) in [6, 6.07) is 0.820. The fourth-order valence-corrected chi connectivity index (χ4v) is 3.42. The summed E-state index contributed by atoms with van der Waals surface area (Å²) in [6.07, 6.45) is 4.49. The van der Waals surface area contributed by atoms with Crippen LogP contribution in [0.4, 0.5) is 5.82 Å². The number of nitrogens with two attached hydrogens (primary N) is 1. The molecule has 1 aliphatic rings. The lowest BCUT2D eigenvalue weighted by Crippen LogP contribution is -2.42. The van der Waals surface area contributed by atoms with Gasteiger partial charge in [-0.2, -0.15) is 5.10 Å². The molecule has 0 aliphatic carbocycles. The molecule has 3 atom stereocenters. The molecule has 0 saturated carbocycles. The van der Waals surface area contributed by atoms with E-state index in [0.717, 1.165) is 31.0 Å². The fourth-order valence-electron chi connectivity index (χ4n) is 3.42. The lowest BCUT2D eigenvalue weighted by Gasteiger charge is -2.38. The number of aromatic nitrogens is 2. The zero-order valence-corrected chi connectivity index (χ0v) is 13.7. The van der Waals surface area contributed by atoms with Crippen LogP contribution in [0.3, 0.4) is 0 Å². The van der Waals surface area contributed by atoms with Gasteiger partial charge in [-0.25, -0.2) is 0 Å². The van der Waals surface area contributed by atoms with E-state index in [-0.39, 0.29) is 6.04 Å². The van der Waals surface area contributed by atoms with E-state index >= 15 is 0 Å². The zero-order valence-electron chi connectivity index (χ0n) is 13.7. The Hall–Kier alpha value is -1.03. The van der Waals surface area contributed by atoms with Gasteiger partial charge in [0.2, 0.25) is 0 Å². The summed E-state index contributed by atoms with van der Waals surface area (Å²) in [6.45, 7) is 10.1. The minimum absolute atomic E-state index is 0.232. The first-order chi connectivity index (χ1) is 9.43. The lowest BCUT2D eigenvalue weighted by molar-refractivity contribution is 0.372. The van der Waals surface area contributed by atoms with Crippen LogP contribution in [0, 0.1) is 12.8 Å². The molecular weight excluding hydrogens is 248 g/mol. The first-order valence-electron chi connectivity index (χ1n) is 7.98. The van der Waals surface area contributed by atoms with Crippen LogP contribution in [-0.2, 0) is 13.5 Å². The standard InChI is InChI=1S/C16H30N4/c1-6-14(17)10-15-13(4)18-19(5)16(15)20-8-7-11(2)9-12(20)3/h11-12,14H,6-10,17H2,1-5H3.